The Balaban J connectivity index is 2.21. The number of aryl methyl sites for hydroxylation is 1. The Morgan fingerprint density at radius 1 is 1.10 bits per heavy atom. The van der Waals surface area contributed by atoms with Gasteiger partial charge in [0.15, 0.2) is 5.43 Å². The van der Waals surface area contributed by atoms with Gasteiger partial charge in [-0.2, -0.15) is 0 Å². The van der Waals surface area contributed by atoms with Crippen molar-refractivity contribution in [2.45, 2.75) is 6.92 Å². The van der Waals surface area contributed by atoms with Crippen LogP contribution in [-0.4, -0.2) is 7.11 Å². The molecule has 0 amide bonds. The topological polar surface area (TPSA) is 65.5 Å². The molecule has 0 unspecified atom stereocenters. The molecule has 3 rings (SSSR count). The lowest BCUT2D eigenvalue weighted by atomic mass is 10.1. The third-order valence-corrected chi connectivity index (χ3v) is 3.40. The Bertz CT molecular complexity index is 881. The van der Waals surface area contributed by atoms with E-state index >= 15 is 0 Å². The number of nitrogen functional groups attached to an aromatic ring is 1. The van der Waals surface area contributed by atoms with Gasteiger partial charge in [-0.15, -0.1) is 0 Å². The van der Waals surface area contributed by atoms with Crippen molar-refractivity contribution in [2.24, 2.45) is 0 Å². The summed E-state index contributed by atoms with van der Waals surface area (Å²) in [4.78, 5) is 12.2. The van der Waals surface area contributed by atoms with Crippen LogP contribution >= 0.6 is 0 Å². The lowest BCUT2D eigenvalue weighted by molar-refractivity contribution is 0.417. The van der Waals surface area contributed by atoms with Gasteiger partial charge in [0.25, 0.3) is 0 Å². The Labute approximate surface area is 121 Å². The van der Waals surface area contributed by atoms with Gasteiger partial charge in [0, 0.05) is 11.6 Å². The van der Waals surface area contributed by atoms with Crippen molar-refractivity contribution in [3.05, 3.63) is 58.3 Å². The van der Waals surface area contributed by atoms with Crippen molar-refractivity contribution >= 4 is 16.7 Å². The molecule has 4 heteroatoms. The van der Waals surface area contributed by atoms with Crippen LogP contribution in [0, 0.1) is 6.92 Å². The monoisotopic (exact) mass is 281 g/mol. The molecule has 0 saturated carbocycles. The van der Waals surface area contributed by atoms with Crippen LogP contribution in [-0.2, 0) is 0 Å². The predicted octanol–water partition coefficient (Wildman–Crippen LogP) is 3.36. The summed E-state index contributed by atoms with van der Waals surface area (Å²) in [6.07, 6.45) is 0. The summed E-state index contributed by atoms with van der Waals surface area (Å²) in [6.45, 7) is 1.96. The Hall–Kier alpha value is -2.75. The fraction of sp³-hybridized carbons (Fsp3) is 0.118. The molecule has 0 aliphatic carbocycles. The highest BCUT2D eigenvalue weighted by Crippen LogP contribution is 2.29. The molecule has 2 N–H and O–H groups in total. The van der Waals surface area contributed by atoms with Gasteiger partial charge in [-0.25, -0.2) is 0 Å². The minimum absolute atomic E-state index is 0.0689. The highest BCUT2D eigenvalue weighted by Gasteiger charge is 2.09. The fourth-order valence-electron chi connectivity index (χ4n) is 2.29. The van der Waals surface area contributed by atoms with E-state index in [1.807, 2.05) is 25.1 Å². The SMILES string of the molecule is COc1ccc(-c2cc(=O)c3ccc(C)cc3o2)cc1N. The molecule has 0 radical (unpaired) electrons. The normalized spacial score (nSPS) is 10.8. The van der Waals surface area contributed by atoms with Crippen LogP contribution in [0.2, 0.25) is 0 Å². The summed E-state index contributed by atoms with van der Waals surface area (Å²) in [5.41, 5.74) is 8.69. The van der Waals surface area contributed by atoms with Crippen LogP contribution in [0.3, 0.4) is 0 Å². The van der Waals surface area contributed by atoms with Gasteiger partial charge in [0.1, 0.15) is 17.1 Å². The molecule has 0 atom stereocenters. The van der Waals surface area contributed by atoms with Crippen LogP contribution in [0.25, 0.3) is 22.3 Å². The van der Waals surface area contributed by atoms with Crippen molar-refractivity contribution in [2.75, 3.05) is 12.8 Å². The highest BCUT2D eigenvalue weighted by molar-refractivity contribution is 5.79. The van der Waals surface area contributed by atoms with Crippen molar-refractivity contribution < 1.29 is 9.15 Å². The number of fused-ring (bicyclic) bond motifs is 1. The summed E-state index contributed by atoms with van der Waals surface area (Å²) in [5, 5.41) is 0.575. The minimum Gasteiger partial charge on any atom is -0.495 e. The minimum atomic E-state index is -0.0689. The first-order valence-corrected chi connectivity index (χ1v) is 6.57. The average molecular weight is 281 g/mol. The number of hydrogen-bond acceptors (Lipinski definition) is 4. The number of nitrogens with two attached hydrogens (primary N) is 1. The number of benzene rings is 2. The average Bonchev–Trinajstić information content (AvgIpc) is 2.46. The van der Waals surface area contributed by atoms with Crippen LogP contribution in [0.15, 0.2) is 51.7 Å². The first-order chi connectivity index (χ1) is 10.1. The molecule has 106 valence electrons. The molecular weight excluding hydrogens is 266 g/mol. The van der Waals surface area contributed by atoms with Crippen molar-refractivity contribution in [1.82, 2.24) is 0 Å². The maximum absolute atomic E-state index is 12.2. The quantitative estimate of drug-likeness (QED) is 0.731. The fourth-order valence-corrected chi connectivity index (χ4v) is 2.29. The van der Waals surface area contributed by atoms with Crippen molar-refractivity contribution in [3.63, 3.8) is 0 Å². The van der Waals surface area contributed by atoms with Crippen LogP contribution in [0.5, 0.6) is 5.75 Å². The summed E-state index contributed by atoms with van der Waals surface area (Å²) in [6, 6.07) is 12.3. The number of methoxy groups -OCH3 is 1. The van der Waals surface area contributed by atoms with E-state index in [-0.39, 0.29) is 5.43 Å². The van der Waals surface area contributed by atoms with Crippen LogP contribution in [0.4, 0.5) is 5.69 Å². The van der Waals surface area contributed by atoms with Gasteiger partial charge >= 0.3 is 0 Å². The second-order valence-electron chi connectivity index (χ2n) is 4.93. The van der Waals surface area contributed by atoms with Gasteiger partial charge in [0.2, 0.25) is 0 Å². The number of ether oxygens (including phenoxy) is 1. The molecule has 1 aromatic heterocycles. The van der Waals surface area contributed by atoms with E-state index in [9.17, 15) is 4.79 Å². The molecule has 2 aromatic carbocycles. The molecule has 21 heavy (non-hydrogen) atoms. The second-order valence-corrected chi connectivity index (χ2v) is 4.93. The van der Waals surface area contributed by atoms with Gasteiger partial charge < -0.3 is 14.9 Å². The number of rotatable bonds is 2. The molecule has 3 aromatic rings. The van der Waals surface area contributed by atoms with E-state index in [0.29, 0.717) is 28.2 Å². The lowest BCUT2D eigenvalue weighted by Gasteiger charge is -2.07. The third kappa shape index (κ3) is 2.36. The molecule has 0 saturated heterocycles. The van der Waals surface area contributed by atoms with E-state index in [4.69, 9.17) is 14.9 Å². The molecule has 0 fully saturated rings. The molecule has 0 aliphatic rings. The zero-order valence-electron chi connectivity index (χ0n) is 11.8. The molecular formula is C17H15NO3. The Morgan fingerprint density at radius 2 is 1.90 bits per heavy atom. The first-order valence-electron chi connectivity index (χ1n) is 6.57. The van der Waals surface area contributed by atoms with Gasteiger partial charge in [-0.3, -0.25) is 4.79 Å². The summed E-state index contributed by atoms with van der Waals surface area (Å²) in [7, 11) is 1.56. The zero-order chi connectivity index (χ0) is 15.0. The molecule has 4 nitrogen and oxygen atoms in total. The Morgan fingerprint density at radius 3 is 2.62 bits per heavy atom. The Kier molecular flexibility index (Phi) is 3.14. The van der Waals surface area contributed by atoms with Gasteiger partial charge in [0.05, 0.1) is 18.2 Å². The molecule has 1 heterocycles. The van der Waals surface area contributed by atoms with E-state index in [0.717, 1.165) is 11.1 Å². The van der Waals surface area contributed by atoms with Crippen LogP contribution < -0.4 is 15.9 Å². The lowest BCUT2D eigenvalue weighted by Crippen LogP contribution is -2.00. The molecule has 0 spiro atoms. The predicted molar refractivity (Wildman–Crippen MR) is 83.6 cm³/mol. The number of hydrogen-bond donors (Lipinski definition) is 1. The maximum atomic E-state index is 12.2. The van der Waals surface area contributed by atoms with E-state index in [2.05, 4.69) is 0 Å². The van der Waals surface area contributed by atoms with Crippen LogP contribution in [0.1, 0.15) is 5.56 Å². The smallest absolute Gasteiger partial charge is 0.193 e. The largest absolute Gasteiger partial charge is 0.495 e. The summed E-state index contributed by atoms with van der Waals surface area (Å²) in [5.74, 6) is 1.09. The zero-order valence-corrected chi connectivity index (χ0v) is 11.8. The van der Waals surface area contributed by atoms with E-state index < -0.39 is 0 Å². The van der Waals surface area contributed by atoms with E-state index in [1.54, 1.807) is 25.3 Å². The summed E-state index contributed by atoms with van der Waals surface area (Å²) >= 11 is 0. The highest BCUT2D eigenvalue weighted by atomic mass is 16.5. The molecule has 0 aliphatic heterocycles. The van der Waals surface area contributed by atoms with Crippen molar-refractivity contribution in [3.8, 4) is 17.1 Å². The standard InChI is InChI=1S/C17H15NO3/c1-10-3-5-12-14(19)9-16(21-17(12)7-10)11-4-6-15(20-2)13(18)8-11/h3-9H,18H2,1-2H3. The second kappa shape index (κ2) is 4.98. The first kappa shape index (κ1) is 13.2. The number of anilines is 1. The van der Waals surface area contributed by atoms with Gasteiger partial charge in [-0.1, -0.05) is 6.07 Å². The van der Waals surface area contributed by atoms with E-state index in [1.165, 1.54) is 6.07 Å². The van der Waals surface area contributed by atoms with Gasteiger partial charge in [-0.05, 0) is 42.8 Å². The van der Waals surface area contributed by atoms with Crippen molar-refractivity contribution in [1.29, 1.82) is 0 Å². The summed E-state index contributed by atoms with van der Waals surface area (Å²) < 4.78 is 11.0. The molecule has 0 bridgehead atoms. The maximum Gasteiger partial charge on any atom is 0.193 e. The third-order valence-electron chi connectivity index (χ3n) is 3.40.